The minimum atomic E-state index is -0.0689. The van der Waals surface area contributed by atoms with E-state index in [1.54, 1.807) is 48.3 Å². The Morgan fingerprint density at radius 3 is 2.37 bits per heavy atom. The number of methoxy groups -OCH3 is 2. The van der Waals surface area contributed by atoms with E-state index in [-0.39, 0.29) is 11.8 Å². The van der Waals surface area contributed by atoms with Gasteiger partial charge in [-0.1, -0.05) is 29.8 Å². The summed E-state index contributed by atoms with van der Waals surface area (Å²) in [5.41, 5.74) is 2.71. The molecule has 158 valence electrons. The predicted octanol–water partition coefficient (Wildman–Crippen LogP) is 3.40. The number of carbonyl (C=O) groups is 2. The van der Waals surface area contributed by atoms with Crippen LogP contribution in [0.1, 0.15) is 27.9 Å². The van der Waals surface area contributed by atoms with Crippen LogP contribution in [0.15, 0.2) is 48.5 Å². The molecule has 0 radical (unpaired) electrons. The van der Waals surface area contributed by atoms with Crippen molar-refractivity contribution in [1.82, 2.24) is 9.80 Å². The van der Waals surface area contributed by atoms with E-state index >= 15 is 0 Å². The van der Waals surface area contributed by atoms with Gasteiger partial charge in [-0.3, -0.25) is 9.59 Å². The molecule has 30 heavy (non-hydrogen) atoms. The zero-order chi connectivity index (χ0) is 21.5. The summed E-state index contributed by atoms with van der Waals surface area (Å²) in [6.07, 6.45) is 4.19. The summed E-state index contributed by atoms with van der Waals surface area (Å²) >= 11 is 0. The summed E-state index contributed by atoms with van der Waals surface area (Å²) in [5, 5.41) is 0. The van der Waals surface area contributed by atoms with Crippen LogP contribution in [0.2, 0.25) is 0 Å². The second-order valence-corrected chi connectivity index (χ2v) is 7.29. The van der Waals surface area contributed by atoms with Crippen LogP contribution in [0.3, 0.4) is 0 Å². The van der Waals surface area contributed by atoms with Crippen molar-refractivity contribution in [3.63, 3.8) is 0 Å². The summed E-state index contributed by atoms with van der Waals surface area (Å²) in [6, 6.07) is 13.2. The fraction of sp³-hybridized carbons (Fsp3) is 0.333. The van der Waals surface area contributed by atoms with Gasteiger partial charge in [0, 0.05) is 37.8 Å². The first-order chi connectivity index (χ1) is 14.5. The van der Waals surface area contributed by atoms with E-state index in [1.165, 1.54) is 0 Å². The standard InChI is InChI=1S/C24H28N2O4/c1-18-6-4-7-19(16-18)8-11-23(27)25-12-5-13-26(15-14-25)24(28)20-9-10-21(29-2)22(17-20)30-3/h4,6-11,16-17H,5,12-15H2,1-3H3/b11-8+. The SMILES string of the molecule is COc1ccc(C(=O)N2CCCN(C(=O)/C=C/c3cccc(C)c3)CC2)cc1OC. The van der Waals surface area contributed by atoms with Crippen LogP contribution in [0.25, 0.3) is 6.08 Å². The van der Waals surface area contributed by atoms with Gasteiger partial charge in [-0.2, -0.15) is 0 Å². The topological polar surface area (TPSA) is 59.1 Å². The molecule has 0 aromatic heterocycles. The highest BCUT2D eigenvalue weighted by Crippen LogP contribution is 2.28. The summed E-state index contributed by atoms with van der Waals surface area (Å²) < 4.78 is 10.5. The number of rotatable bonds is 5. The van der Waals surface area contributed by atoms with Crippen molar-refractivity contribution in [1.29, 1.82) is 0 Å². The number of hydrogen-bond acceptors (Lipinski definition) is 4. The van der Waals surface area contributed by atoms with Crippen molar-refractivity contribution in [3.05, 3.63) is 65.2 Å². The van der Waals surface area contributed by atoms with Gasteiger partial charge in [0.15, 0.2) is 11.5 Å². The number of hydrogen-bond donors (Lipinski definition) is 0. The molecule has 3 rings (SSSR count). The third-order valence-corrected chi connectivity index (χ3v) is 5.19. The smallest absolute Gasteiger partial charge is 0.254 e. The predicted molar refractivity (Wildman–Crippen MR) is 117 cm³/mol. The molecule has 0 bridgehead atoms. The molecule has 2 aromatic carbocycles. The maximum Gasteiger partial charge on any atom is 0.254 e. The molecule has 1 fully saturated rings. The first-order valence-corrected chi connectivity index (χ1v) is 10.1. The molecule has 6 nitrogen and oxygen atoms in total. The van der Waals surface area contributed by atoms with E-state index in [1.807, 2.05) is 37.3 Å². The minimum absolute atomic E-state index is 0.0306. The molecule has 2 amide bonds. The van der Waals surface area contributed by atoms with Gasteiger partial charge in [0.05, 0.1) is 14.2 Å². The van der Waals surface area contributed by atoms with Gasteiger partial charge in [0.25, 0.3) is 5.91 Å². The highest BCUT2D eigenvalue weighted by molar-refractivity contribution is 5.95. The molecule has 2 aromatic rings. The average Bonchev–Trinajstić information content (AvgIpc) is 3.03. The zero-order valence-electron chi connectivity index (χ0n) is 17.8. The van der Waals surface area contributed by atoms with Crippen LogP contribution < -0.4 is 9.47 Å². The lowest BCUT2D eigenvalue weighted by molar-refractivity contribution is -0.125. The van der Waals surface area contributed by atoms with Gasteiger partial charge < -0.3 is 19.3 Å². The number of benzene rings is 2. The third-order valence-electron chi connectivity index (χ3n) is 5.19. The van der Waals surface area contributed by atoms with Crippen molar-refractivity contribution >= 4 is 17.9 Å². The lowest BCUT2D eigenvalue weighted by Crippen LogP contribution is -2.36. The van der Waals surface area contributed by atoms with Crippen molar-refractivity contribution in [2.24, 2.45) is 0 Å². The van der Waals surface area contributed by atoms with Gasteiger partial charge in [-0.05, 0) is 43.2 Å². The Hall–Kier alpha value is -3.28. The Morgan fingerprint density at radius 1 is 0.900 bits per heavy atom. The number of aryl methyl sites for hydroxylation is 1. The normalized spacial score (nSPS) is 14.5. The van der Waals surface area contributed by atoms with Crippen LogP contribution in [0.5, 0.6) is 11.5 Å². The van der Waals surface area contributed by atoms with Gasteiger partial charge in [0.1, 0.15) is 0 Å². The van der Waals surface area contributed by atoms with Crippen LogP contribution in [-0.2, 0) is 4.79 Å². The van der Waals surface area contributed by atoms with E-state index in [2.05, 4.69) is 0 Å². The van der Waals surface area contributed by atoms with E-state index in [0.717, 1.165) is 17.5 Å². The lowest BCUT2D eigenvalue weighted by Gasteiger charge is -2.22. The van der Waals surface area contributed by atoms with Crippen LogP contribution in [-0.4, -0.2) is 62.0 Å². The van der Waals surface area contributed by atoms with E-state index in [4.69, 9.17) is 9.47 Å². The number of amides is 2. The van der Waals surface area contributed by atoms with Gasteiger partial charge in [-0.25, -0.2) is 0 Å². The Morgan fingerprint density at radius 2 is 1.63 bits per heavy atom. The Balaban J connectivity index is 1.63. The second kappa shape index (κ2) is 9.96. The first kappa shape index (κ1) is 21.4. The number of ether oxygens (including phenoxy) is 2. The fourth-order valence-electron chi connectivity index (χ4n) is 3.54. The Kier molecular flexibility index (Phi) is 7.12. The highest BCUT2D eigenvalue weighted by atomic mass is 16.5. The summed E-state index contributed by atoms with van der Waals surface area (Å²) in [6.45, 7) is 4.27. The minimum Gasteiger partial charge on any atom is -0.493 e. The third kappa shape index (κ3) is 5.20. The van der Waals surface area contributed by atoms with E-state index < -0.39 is 0 Å². The molecule has 0 spiro atoms. The molecular formula is C24H28N2O4. The van der Waals surface area contributed by atoms with Gasteiger partial charge in [0.2, 0.25) is 5.91 Å². The van der Waals surface area contributed by atoms with Crippen molar-refractivity contribution in [2.75, 3.05) is 40.4 Å². The Bertz CT molecular complexity index is 939. The first-order valence-electron chi connectivity index (χ1n) is 10.1. The summed E-state index contributed by atoms with van der Waals surface area (Å²) in [7, 11) is 3.11. The quantitative estimate of drug-likeness (QED) is 0.712. The van der Waals surface area contributed by atoms with Crippen molar-refractivity contribution < 1.29 is 19.1 Å². The molecule has 0 unspecified atom stereocenters. The monoisotopic (exact) mass is 408 g/mol. The largest absolute Gasteiger partial charge is 0.493 e. The molecule has 0 aliphatic carbocycles. The molecule has 0 N–H and O–H groups in total. The second-order valence-electron chi connectivity index (χ2n) is 7.29. The molecule has 0 atom stereocenters. The van der Waals surface area contributed by atoms with Crippen molar-refractivity contribution in [2.45, 2.75) is 13.3 Å². The molecular weight excluding hydrogens is 380 g/mol. The van der Waals surface area contributed by atoms with Crippen LogP contribution in [0.4, 0.5) is 0 Å². The lowest BCUT2D eigenvalue weighted by atomic mass is 10.1. The molecule has 1 aliphatic rings. The number of nitrogens with zero attached hydrogens (tertiary/aromatic N) is 2. The molecule has 1 aliphatic heterocycles. The summed E-state index contributed by atoms with van der Waals surface area (Å²) in [4.78, 5) is 29.2. The van der Waals surface area contributed by atoms with Gasteiger partial charge in [-0.15, -0.1) is 0 Å². The molecule has 6 heteroatoms. The Labute approximate surface area is 177 Å². The molecule has 0 saturated carbocycles. The van der Waals surface area contributed by atoms with Gasteiger partial charge >= 0.3 is 0 Å². The molecule has 1 heterocycles. The highest BCUT2D eigenvalue weighted by Gasteiger charge is 2.22. The summed E-state index contributed by atoms with van der Waals surface area (Å²) in [5.74, 6) is 1.01. The van der Waals surface area contributed by atoms with E-state index in [0.29, 0.717) is 43.2 Å². The molecule has 1 saturated heterocycles. The number of carbonyl (C=O) groups excluding carboxylic acids is 2. The van der Waals surface area contributed by atoms with E-state index in [9.17, 15) is 9.59 Å². The van der Waals surface area contributed by atoms with Crippen molar-refractivity contribution in [3.8, 4) is 11.5 Å². The van der Waals surface area contributed by atoms with Crippen LogP contribution >= 0.6 is 0 Å². The maximum atomic E-state index is 13.0. The van der Waals surface area contributed by atoms with Crippen LogP contribution in [0, 0.1) is 6.92 Å². The fourth-order valence-corrected chi connectivity index (χ4v) is 3.54. The zero-order valence-corrected chi connectivity index (χ0v) is 17.8. The maximum absolute atomic E-state index is 13.0. The average molecular weight is 408 g/mol.